The third-order valence-electron chi connectivity index (χ3n) is 4.27. The molecule has 2 heterocycles. The summed E-state index contributed by atoms with van der Waals surface area (Å²) in [6.45, 7) is 7.39. The zero-order valence-electron chi connectivity index (χ0n) is 12.7. The highest BCUT2D eigenvalue weighted by molar-refractivity contribution is 5.55. The standard InChI is InChI=1S/C16H21N3O2/c1-10(2)11-4-6-12(7-5-11)14-18-15(21-19-14)16(3)9-20-8-13(16)17/h4-7,10,13H,8-9,17H2,1-3H3. The summed E-state index contributed by atoms with van der Waals surface area (Å²) >= 11 is 0. The van der Waals surface area contributed by atoms with Gasteiger partial charge in [-0.2, -0.15) is 4.98 Å². The molecule has 0 radical (unpaired) electrons. The minimum Gasteiger partial charge on any atom is -0.379 e. The molecule has 21 heavy (non-hydrogen) atoms. The Hall–Kier alpha value is -1.72. The fraction of sp³-hybridized carbons (Fsp3) is 0.500. The van der Waals surface area contributed by atoms with Gasteiger partial charge in [-0.3, -0.25) is 0 Å². The second kappa shape index (κ2) is 5.24. The predicted molar refractivity (Wildman–Crippen MR) is 80.0 cm³/mol. The fourth-order valence-corrected chi connectivity index (χ4v) is 2.50. The Labute approximate surface area is 124 Å². The summed E-state index contributed by atoms with van der Waals surface area (Å²) in [5, 5.41) is 4.09. The second-order valence-electron chi connectivity index (χ2n) is 6.24. The molecule has 2 N–H and O–H groups in total. The van der Waals surface area contributed by atoms with Crippen LogP contribution >= 0.6 is 0 Å². The number of benzene rings is 1. The molecule has 1 fully saturated rings. The van der Waals surface area contributed by atoms with Crippen LogP contribution < -0.4 is 5.73 Å². The van der Waals surface area contributed by atoms with Crippen molar-refractivity contribution in [1.82, 2.24) is 10.1 Å². The first-order chi connectivity index (χ1) is 10.0. The molecule has 2 aromatic rings. The highest BCUT2D eigenvalue weighted by Gasteiger charge is 2.44. The maximum Gasteiger partial charge on any atom is 0.236 e. The van der Waals surface area contributed by atoms with Crippen molar-refractivity contribution in [3.8, 4) is 11.4 Å². The SMILES string of the molecule is CC(C)c1ccc(-c2noc(C3(C)COCC3N)n2)cc1. The first-order valence-corrected chi connectivity index (χ1v) is 7.28. The zero-order chi connectivity index (χ0) is 15.0. The van der Waals surface area contributed by atoms with Crippen molar-refractivity contribution in [2.45, 2.75) is 38.1 Å². The third-order valence-corrected chi connectivity index (χ3v) is 4.27. The Balaban J connectivity index is 1.88. The Bertz CT molecular complexity index is 621. The van der Waals surface area contributed by atoms with Crippen LogP contribution in [-0.2, 0) is 10.2 Å². The number of hydrogen-bond donors (Lipinski definition) is 1. The van der Waals surface area contributed by atoms with Gasteiger partial charge in [0.1, 0.15) is 0 Å². The molecule has 0 amide bonds. The molecule has 2 atom stereocenters. The largest absolute Gasteiger partial charge is 0.379 e. The zero-order valence-corrected chi connectivity index (χ0v) is 12.7. The van der Waals surface area contributed by atoms with Crippen LogP contribution in [0.4, 0.5) is 0 Å². The molecule has 112 valence electrons. The average Bonchev–Trinajstić information content (AvgIpc) is 3.08. The van der Waals surface area contributed by atoms with E-state index in [2.05, 4.69) is 36.1 Å². The Kier molecular flexibility index (Phi) is 3.55. The molecule has 1 saturated heterocycles. The van der Waals surface area contributed by atoms with E-state index in [4.69, 9.17) is 15.0 Å². The van der Waals surface area contributed by atoms with Crippen molar-refractivity contribution in [2.24, 2.45) is 5.73 Å². The highest BCUT2D eigenvalue weighted by atomic mass is 16.5. The molecule has 0 saturated carbocycles. The van der Waals surface area contributed by atoms with Gasteiger partial charge in [-0.25, -0.2) is 0 Å². The average molecular weight is 287 g/mol. The van der Waals surface area contributed by atoms with Crippen LogP contribution in [0.25, 0.3) is 11.4 Å². The molecule has 0 bridgehead atoms. The van der Waals surface area contributed by atoms with Gasteiger partial charge in [0.25, 0.3) is 0 Å². The summed E-state index contributed by atoms with van der Waals surface area (Å²) in [6, 6.07) is 8.13. The van der Waals surface area contributed by atoms with Gasteiger partial charge in [0.05, 0.1) is 18.6 Å². The van der Waals surface area contributed by atoms with Crippen molar-refractivity contribution >= 4 is 0 Å². The molecule has 1 aliphatic heterocycles. The van der Waals surface area contributed by atoms with Crippen molar-refractivity contribution < 1.29 is 9.26 Å². The lowest BCUT2D eigenvalue weighted by atomic mass is 9.86. The van der Waals surface area contributed by atoms with Gasteiger partial charge >= 0.3 is 0 Å². The van der Waals surface area contributed by atoms with Crippen LogP contribution in [0.5, 0.6) is 0 Å². The van der Waals surface area contributed by atoms with E-state index in [1.54, 1.807) is 0 Å². The normalized spacial score (nSPS) is 25.7. The summed E-state index contributed by atoms with van der Waals surface area (Å²) in [7, 11) is 0. The summed E-state index contributed by atoms with van der Waals surface area (Å²) < 4.78 is 10.9. The van der Waals surface area contributed by atoms with Gasteiger partial charge in [-0.1, -0.05) is 43.3 Å². The number of ether oxygens (including phenoxy) is 1. The van der Waals surface area contributed by atoms with E-state index in [9.17, 15) is 0 Å². The molecule has 2 unspecified atom stereocenters. The Morgan fingerprint density at radius 1 is 1.29 bits per heavy atom. The third kappa shape index (κ3) is 2.47. The maximum absolute atomic E-state index is 6.09. The molecule has 5 heteroatoms. The summed E-state index contributed by atoms with van der Waals surface area (Å²) in [6.07, 6.45) is 0. The number of nitrogens with zero attached hydrogens (tertiary/aromatic N) is 2. The number of aromatic nitrogens is 2. The molecule has 1 aromatic carbocycles. The smallest absolute Gasteiger partial charge is 0.236 e. The molecular weight excluding hydrogens is 266 g/mol. The van der Waals surface area contributed by atoms with Gasteiger partial charge in [0.15, 0.2) is 0 Å². The summed E-state index contributed by atoms with van der Waals surface area (Å²) in [5.74, 6) is 1.66. The van der Waals surface area contributed by atoms with Crippen LogP contribution in [0.3, 0.4) is 0 Å². The summed E-state index contributed by atoms with van der Waals surface area (Å²) in [5.41, 5.74) is 7.94. The van der Waals surface area contributed by atoms with Crippen LogP contribution in [-0.4, -0.2) is 29.4 Å². The van der Waals surface area contributed by atoms with Crippen LogP contribution in [0.15, 0.2) is 28.8 Å². The Morgan fingerprint density at radius 3 is 2.57 bits per heavy atom. The van der Waals surface area contributed by atoms with Crippen molar-refractivity contribution in [1.29, 1.82) is 0 Å². The molecular formula is C16H21N3O2. The van der Waals surface area contributed by atoms with Crippen molar-refractivity contribution in [3.05, 3.63) is 35.7 Å². The maximum atomic E-state index is 6.09. The van der Waals surface area contributed by atoms with Crippen LogP contribution in [0, 0.1) is 0 Å². The first-order valence-electron chi connectivity index (χ1n) is 7.28. The monoisotopic (exact) mass is 287 g/mol. The lowest BCUT2D eigenvalue weighted by molar-refractivity contribution is 0.169. The predicted octanol–water partition coefficient (Wildman–Crippen LogP) is 2.48. The molecule has 1 aromatic heterocycles. The molecule has 0 spiro atoms. The van der Waals surface area contributed by atoms with E-state index in [-0.39, 0.29) is 6.04 Å². The van der Waals surface area contributed by atoms with Crippen LogP contribution in [0.1, 0.15) is 38.1 Å². The Morgan fingerprint density at radius 2 is 2.00 bits per heavy atom. The number of rotatable bonds is 3. The van der Waals surface area contributed by atoms with E-state index in [1.165, 1.54) is 5.56 Å². The van der Waals surface area contributed by atoms with Crippen molar-refractivity contribution in [3.63, 3.8) is 0 Å². The van der Waals surface area contributed by atoms with E-state index in [1.807, 2.05) is 19.1 Å². The van der Waals surface area contributed by atoms with E-state index >= 15 is 0 Å². The molecule has 3 rings (SSSR count). The number of hydrogen-bond acceptors (Lipinski definition) is 5. The lowest BCUT2D eigenvalue weighted by Crippen LogP contribution is -2.42. The quantitative estimate of drug-likeness (QED) is 0.938. The topological polar surface area (TPSA) is 74.2 Å². The molecule has 0 aliphatic carbocycles. The molecule has 5 nitrogen and oxygen atoms in total. The van der Waals surface area contributed by atoms with Crippen molar-refractivity contribution in [2.75, 3.05) is 13.2 Å². The van der Waals surface area contributed by atoms with Gasteiger partial charge in [-0.15, -0.1) is 0 Å². The highest BCUT2D eigenvalue weighted by Crippen LogP contribution is 2.32. The van der Waals surface area contributed by atoms with Gasteiger partial charge in [-0.05, 0) is 18.4 Å². The van der Waals surface area contributed by atoms with Gasteiger partial charge in [0, 0.05) is 11.6 Å². The minimum atomic E-state index is -0.400. The van der Waals surface area contributed by atoms with E-state index < -0.39 is 5.41 Å². The lowest BCUT2D eigenvalue weighted by Gasteiger charge is -2.21. The fourth-order valence-electron chi connectivity index (χ4n) is 2.50. The summed E-state index contributed by atoms with van der Waals surface area (Å²) in [4.78, 5) is 4.52. The first kappa shape index (κ1) is 14.2. The van der Waals surface area contributed by atoms with E-state index in [0.29, 0.717) is 30.8 Å². The van der Waals surface area contributed by atoms with Gasteiger partial charge in [0.2, 0.25) is 11.7 Å². The minimum absolute atomic E-state index is 0.117. The second-order valence-corrected chi connectivity index (χ2v) is 6.24. The number of nitrogens with two attached hydrogens (primary N) is 1. The van der Waals surface area contributed by atoms with Gasteiger partial charge < -0.3 is 15.0 Å². The van der Waals surface area contributed by atoms with E-state index in [0.717, 1.165) is 5.56 Å². The van der Waals surface area contributed by atoms with Crippen LogP contribution in [0.2, 0.25) is 0 Å². The molecule has 1 aliphatic rings.